The fourth-order valence-electron chi connectivity index (χ4n) is 2.91. The number of para-hydroxylation sites is 1. The molecule has 1 saturated heterocycles. The van der Waals surface area contributed by atoms with Crippen molar-refractivity contribution in [1.29, 1.82) is 0 Å². The Balaban J connectivity index is 1.81. The van der Waals surface area contributed by atoms with Crippen molar-refractivity contribution in [2.75, 3.05) is 17.3 Å². The number of methoxy groups -OCH3 is 1. The van der Waals surface area contributed by atoms with Crippen LogP contribution in [0.1, 0.15) is 18.9 Å². The Hall–Kier alpha value is -2.82. The first-order valence-electron chi connectivity index (χ1n) is 7.99. The molecule has 0 aliphatic carbocycles. The number of nitrogens with zero attached hydrogens (tertiary/aromatic N) is 1. The quantitative estimate of drug-likeness (QED) is 0.859. The molecule has 1 fully saturated rings. The number of hydrogen-bond acceptors (Lipinski definition) is 4. The van der Waals surface area contributed by atoms with Crippen LogP contribution in [0.3, 0.4) is 0 Å². The minimum Gasteiger partial charge on any atom is -0.497 e. The first-order valence-corrected chi connectivity index (χ1v) is 7.99. The van der Waals surface area contributed by atoms with Crippen LogP contribution < -0.4 is 15.0 Å². The van der Waals surface area contributed by atoms with E-state index >= 15 is 0 Å². The lowest BCUT2D eigenvalue weighted by Gasteiger charge is -2.19. The maximum absolute atomic E-state index is 12.7. The molecule has 1 aliphatic rings. The lowest BCUT2D eigenvalue weighted by Crippen LogP contribution is -2.35. The van der Waals surface area contributed by atoms with Crippen LogP contribution in [-0.4, -0.2) is 25.0 Å². The van der Waals surface area contributed by atoms with Crippen LogP contribution in [0.2, 0.25) is 0 Å². The first-order chi connectivity index (χ1) is 11.6. The highest BCUT2D eigenvalue weighted by Crippen LogP contribution is 2.28. The number of carbonyl (C=O) groups excluding carboxylic acids is 2. The van der Waals surface area contributed by atoms with Crippen molar-refractivity contribution in [3.63, 3.8) is 0 Å². The van der Waals surface area contributed by atoms with Crippen LogP contribution in [0.15, 0.2) is 48.5 Å². The summed E-state index contributed by atoms with van der Waals surface area (Å²) in [6, 6.07) is 14.3. The van der Waals surface area contributed by atoms with Crippen LogP contribution in [0.25, 0.3) is 0 Å². The SMILES string of the molecule is CCc1ccccc1N1C(=O)C[C@@H](Nc2ccc(OC)cc2)C1=O. The molecule has 0 radical (unpaired) electrons. The number of imide groups is 1. The largest absolute Gasteiger partial charge is 0.497 e. The molecule has 0 unspecified atom stereocenters. The molecule has 1 N–H and O–H groups in total. The van der Waals surface area contributed by atoms with Crippen molar-refractivity contribution in [3.8, 4) is 5.75 Å². The van der Waals surface area contributed by atoms with Crippen LogP contribution in [-0.2, 0) is 16.0 Å². The van der Waals surface area contributed by atoms with E-state index in [1.54, 1.807) is 7.11 Å². The molecule has 5 nitrogen and oxygen atoms in total. The fourth-order valence-corrected chi connectivity index (χ4v) is 2.91. The molecule has 2 aromatic carbocycles. The van der Waals surface area contributed by atoms with Crippen molar-refractivity contribution in [1.82, 2.24) is 0 Å². The van der Waals surface area contributed by atoms with Crippen LogP contribution in [0, 0.1) is 0 Å². The molecule has 24 heavy (non-hydrogen) atoms. The van der Waals surface area contributed by atoms with Gasteiger partial charge in [0.15, 0.2) is 0 Å². The number of amides is 2. The molecule has 0 saturated carbocycles. The highest BCUT2D eigenvalue weighted by molar-refractivity contribution is 6.23. The molecule has 0 aromatic heterocycles. The van der Waals surface area contributed by atoms with Gasteiger partial charge in [0.05, 0.1) is 19.2 Å². The third-order valence-electron chi connectivity index (χ3n) is 4.19. The van der Waals surface area contributed by atoms with Crippen LogP contribution >= 0.6 is 0 Å². The maximum Gasteiger partial charge on any atom is 0.256 e. The van der Waals surface area contributed by atoms with Crippen molar-refractivity contribution in [2.45, 2.75) is 25.8 Å². The van der Waals surface area contributed by atoms with Gasteiger partial charge in [-0.2, -0.15) is 0 Å². The average molecular weight is 324 g/mol. The molecule has 2 amide bonds. The van der Waals surface area contributed by atoms with E-state index in [1.807, 2.05) is 55.5 Å². The van der Waals surface area contributed by atoms with Crippen molar-refractivity contribution >= 4 is 23.2 Å². The third-order valence-corrected chi connectivity index (χ3v) is 4.19. The molecule has 1 heterocycles. The molecular formula is C19H20N2O3. The van der Waals surface area contributed by atoms with E-state index in [4.69, 9.17) is 4.74 Å². The zero-order chi connectivity index (χ0) is 17.1. The summed E-state index contributed by atoms with van der Waals surface area (Å²) < 4.78 is 5.12. The number of benzene rings is 2. The van der Waals surface area contributed by atoms with Gasteiger partial charge in [0, 0.05) is 5.69 Å². The lowest BCUT2D eigenvalue weighted by molar-refractivity contribution is -0.121. The van der Waals surface area contributed by atoms with Gasteiger partial charge < -0.3 is 10.1 Å². The highest BCUT2D eigenvalue weighted by atomic mass is 16.5. The Labute approximate surface area is 141 Å². The summed E-state index contributed by atoms with van der Waals surface area (Å²) in [5, 5.41) is 3.14. The number of nitrogens with one attached hydrogen (secondary N) is 1. The lowest BCUT2D eigenvalue weighted by atomic mass is 10.1. The first kappa shape index (κ1) is 16.1. The number of carbonyl (C=O) groups is 2. The summed E-state index contributed by atoms with van der Waals surface area (Å²) in [6.07, 6.45) is 0.923. The smallest absolute Gasteiger partial charge is 0.256 e. The topological polar surface area (TPSA) is 58.6 Å². The molecule has 5 heteroatoms. The summed E-state index contributed by atoms with van der Waals surface area (Å²) >= 11 is 0. The monoisotopic (exact) mass is 324 g/mol. The molecule has 3 rings (SSSR count). The second-order valence-corrected chi connectivity index (χ2v) is 5.68. The molecular weight excluding hydrogens is 304 g/mol. The number of hydrogen-bond donors (Lipinski definition) is 1. The van der Waals surface area contributed by atoms with Crippen LogP contribution in [0.5, 0.6) is 5.75 Å². The number of anilines is 2. The van der Waals surface area contributed by atoms with Crippen molar-refractivity contribution < 1.29 is 14.3 Å². The number of ether oxygens (including phenoxy) is 1. The highest BCUT2D eigenvalue weighted by Gasteiger charge is 2.40. The van der Waals surface area contributed by atoms with Crippen LogP contribution in [0.4, 0.5) is 11.4 Å². The standard InChI is InChI=1S/C19H20N2O3/c1-3-13-6-4-5-7-17(13)21-18(22)12-16(19(21)23)20-14-8-10-15(24-2)11-9-14/h4-11,16,20H,3,12H2,1-2H3/t16-/m1/s1. The second-order valence-electron chi connectivity index (χ2n) is 5.68. The Kier molecular flexibility index (Phi) is 4.51. The minimum atomic E-state index is -0.546. The van der Waals surface area contributed by atoms with Gasteiger partial charge in [0.25, 0.3) is 5.91 Å². The van der Waals surface area contributed by atoms with E-state index in [2.05, 4.69) is 5.32 Å². The average Bonchev–Trinajstić information content (AvgIpc) is 2.89. The molecule has 0 bridgehead atoms. The van der Waals surface area contributed by atoms with E-state index in [-0.39, 0.29) is 18.2 Å². The van der Waals surface area contributed by atoms with Gasteiger partial charge in [-0.05, 0) is 42.3 Å². The minimum absolute atomic E-state index is 0.156. The summed E-state index contributed by atoms with van der Waals surface area (Å²) in [4.78, 5) is 26.4. The molecule has 124 valence electrons. The summed E-state index contributed by atoms with van der Waals surface area (Å²) in [5.74, 6) is 0.358. The van der Waals surface area contributed by atoms with Crippen molar-refractivity contribution in [3.05, 3.63) is 54.1 Å². The Morgan fingerprint density at radius 2 is 1.83 bits per heavy atom. The molecule has 2 aromatic rings. The van der Waals surface area contributed by atoms with Gasteiger partial charge in [-0.15, -0.1) is 0 Å². The zero-order valence-corrected chi connectivity index (χ0v) is 13.8. The van der Waals surface area contributed by atoms with E-state index in [0.717, 1.165) is 23.4 Å². The van der Waals surface area contributed by atoms with E-state index in [1.165, 1.54) is 4.90 Å². The number of aryl methyl sites for hydroxylation is 1. The molecule has 1 atom stereocenters. The van der Waals surface area contributed by atoms with E-state index in [0.29, 0.717) is 5.69 Å². The van der Waals surface area contributed by atoms with Gasteiger partial charge in [0.2, 0.25) is 5.91 Å². The number of rotatable bonds is 5. The van der Waals surface area contributed by atoms with Gasteiger partial charge in [-0.3, -0.25) is 9.59 Å². The normalized spacial score (nSPS) is 17.2. The van der Waals surface area contributed by atoms with E-state index in [9.17, 15) is 9.59 Å². The fraction of sp³-hybridized carbons (Fsp3) is 0.263. The van der Waals surface area contributed by atoms with Gasteiger partial charge in [-0.1, -0.05) is 25.1 Å². The zero-order valence-electron chi connectivity index (χ0n) is 13.8. The van der Waals surface area contributed by atoms with Gasteiger partial charge in [-0.25, -0.2) is 4.90 Å². The van der Waals surface area contributed by atoms with E-state index < -0.39 is 6.04 Å². The summed E-state index contributed by atoms with van der Waals surface area (Å²) in [5.41, 5.74) is 2.46. The van der Waals surface area contributed by atoms with Gasteiger partial charge >= 0.3 is 0 Å². The summed E-state index contributed by atoms with van der Waals surface area (Å²) in [7, 11) is 1.60. The van der Waals surface area contributed by atoms with Crippen molar-refractivity contribution in [2.24, 2.45) is 0 Å². The summed E-state index contributed by atoms with van der Waals surface area (Å²) in [6.45, 7) is 2.01. The Bertz CT molecular complexity index is 755. The predicted octanol–water partition coefficient (Wildman–Crippen LogP) is 3.00. The Morgan fingerprint density at radius 1 is 1.12 bits per heavy atom. The molecule has 1 aliphatic heterocycles. The molecule has 0 spiro atoms. The predicted molar refractivity (Wildman–Crippen MR) is 93.3 cm³/mol. The Morgan fingerprint density at radius 3 is 2.50 bits per heavy atom. The maximum atomic E-state index is 12.7. The third kappa shape index (κ3) is 2.97. The van der Waals surface area contributed by atoms with Gasteiger partial charge in [0.1, 0.15) is 11.8 Å². The second kappa shape index (κ2) is 6.74.